The molecule has 0 saturated heterocycles. The second kappa shape index (κ2) is 5.67. The van der Waals surface area contributed by atoms with Crippen molar-refractivity contribution in [2.45, 2.75) is 25.2 Å². The minimum Gasteiger partial charge on any atom is -0.320 e. The van der Waals surface area contributed by atoms with Crippen LogP contribution in [0, 0.1) is 5.82 Å². The molecule has 0 radical (unpaired) electrons. The van der Waals surface area contributed by atoms with E-state index in [4.69, 9.17) is 11.6 Å². The summed E-state index contributed by atoms with van der Waals surface area (Å²) in [5, 5.41) is 2.20. The number of fused-ring (bicyclic) bond motifs is 1. The van der Waals surface area contributed by atoms with Crippen molar-refractivity contribution in [3.63, 3.8) is 0 Å². The number of thiophene rings is 1. The van der Waals surface area contributed by atoms with Gasteiger partial charge < -0.3 is 4.57 Å². The number of rotatable bonds is 2. The lowest BCUT2D eigenvalue weighted by Gasteiger charge is -2.24. The van der Waals surface area contributed by atoms with Gasteiger partial charge in [0.1, 0.15) is 5.82 Å². The molecular weight excluding hydrogens is 355 g/mol. The molecule has 0 amide bonds. The van der Waals surface area contributed by atoms with Crippen LogP contribution in [0.25, 0.3) is 16.1 Å². The van der Waals surface area contributed by atoms with Crippen LogP contribution in [0.1, 0.15) is 17.7 Å². The summed E-state index contributed by atoms with van der Waals surface area (Å²) in [7, 11) is 0. The first-order valence-electron chi connectivity index (χ1n) is 7.54. The zero-order valence-corrected chi connectivity index (χ0v) is 14.1. The molecule has 1 aliphatic carbocycles. The van der Waals surface area contributed by atoms with Gasteiger partial charge >= 0.3 is 0 Å². The van der Waals surface area contributed by atoms with E-state index in [2.05, 4.69) is 0 Å². The van der Waals surface area contributed by atoms with Crippen LogP contribution in [0.2, 0.25) is 5.02 Å². The van der Waals surface area contributed by atoms with Gasteiger partial charge in [-0.15, -0.1) is 11.3 Å². The molecule has 0 saturated carbocycles. The van der Waals surface area contributed by atoms with Gasteiger partial charge in [0, 0.05) is 45.9 Å². The highest BCUT2D eigenvalue weighted by Gasteiger charge is 2.37. The van der Waals surface area contributed by atoms with Crippen molar-refractivity contribution in [1.82, 2.24) is 4.57 Å². The second-order valence-electron chi connectivity index (χ2n) is 5.98. The van der Waals surface area contributed by atoms with Gasteiger partial charge in [0.05, 0.1) is 0 Å². The molecule has 1 nitrogen and oxygen atoms in total. The number of halogens is 4. The van der Waals surface area contributed by atoms with Crippen molar-refractivity contribution in [3.8, 4) is 16.1 Å². The van der Waals surface area contributed by atoms with Crippen LogP contribution in [-0.2, 0) is 12.8 Å². The molecule has 0 fully saturated rings. The van der Waals surface area contributed by atoms with Crippen molar-refractivity contribution >= 4 is 22.9 Å². The maximum absolute atomic E-state index is 14.0. The third-order valence-electron chi connectivity index (χ3n) is 4.30. The Bertz CT molecular complexity index is 879. The van der Waals surface area contributed by atoms with Crippen molar-refractivity contribution < 1.29 is 13.2 Å². The van der Waals surface area contributed by atoms with Gasteiger partial charge in [-0.2, -0.15) is 0 Å². The molecule has 1 aliphatic rings. The highest BCUT2D eigenvalue weighted by atomic mass is 35.5. The summed E-state index contributed by atoms with van der Waals surface area (Å²) in [6, 6.07) is 8.06. The number of hydrogen-bond acceptors (Lipinski definition) is 1. The van der Waals surface area contributed by atoms with E-state index in [0.717, 1.165) is 16.1 Å². The van der Waals surface area contributed by atoms with Crippen LogP contribution < -0.4 is 0 Å². The zero-order valence-electron chi connectivity index (χ0n) is 12.5. The standard InChI is InChI=1S/C18H13ClF3NS/c19-11-6-12(20)8-13(7-11)23-10-15(17-2-1-5-24-17)14-9-18(21,22)4-3-16(14)23/h1-2,5-8,10H,3-4,9H2. The van der Waals surface area contributed by atoms with Crippen molar-refractivity contribution in [2.24, 2.45) is 0 Å². The molecular formula is C18H13ClF3NS. The molecule has 4 rings (SSSR count). The minimum absolute atomic E-state index is 0.197. The number of nitrogens with zero attached hydrogens (tertiary/aromatic N) is 1. The fourth-order valence-corrected chi connectivity index (χ4v) is 4.24. The zero-order chi connectivity index (χ0) is 16.9. The van der Waals surface area contributed by atoms with Gasteiger partial charge in [0.15, 0.2) is 0 Å². The Morgan fingerprint density at radius 3 is 2.75 bits per heavy atom. The molecule has 0 spiro atoms. The van der Waals surface area contributed by atoms with Crippen LogP contribution in [0.15, 0.2) is 41.9 Å². The van der Waals surface area contributed by atoms with Crippen LogP contribution in [0.3, 0.4) is 0 Å². The Hall–Kier alpha value is -1.72. The van der Waals surface area contributed by atoms with Gasteiger partial charge in [0.25, 0.3) is 5.92 Å². The Labute approximate surface area is 146 Å². The summed E-state index contributed by atoms with van der Waals surface area (Å²) < 4.78 is 43.4. The lowest BCUT2D eigenvalue weighted by atomic mass is 9.91. The summed E-state index contributed by atoms with van der Waals surface area (Å²) in [5.74, 6) is -3.15. The lowest BCUT2D eigenvalue weighted by Crippen LogP contribution is -2.26. The Morgan fingerprint density at radius 1 is 1.21 bits per heavy atom. The fourth-order valence-electron chi connectivity index (χ4n) is 3.26. The molecule has 0 unspecified atom stereocenters. The highest BCUT2D eigenvalue weighted by Crippen LogP contribution is 2.41. The van der Waals surface area contributed by atoms with Gasteiger partial charge in [-0.3, -0.25) is 0 Å². The first kappa shape index (κ1) is 15.8. The summed E-state index contributed by atoms with van der Waals surface area (Å²) in [6.07, 6.45) is 1.59. The molecule has 0 atom stereocenters. The number of alkyl halides is 2. The van der Waals surface area contributed by atoms with Crippen LogP contribution in [0.5, 0.6) is 0 Å². The summed E-state index contributed by atoms with van der Waals surface area (Å²) in [6.45, 7) is 0. The smallest absolute Gasteiger partial charge is 0.252 e. The van der Waals surface area contributed by atoms with Gasteiger partial charge in [0.2, 0.25) is 0 Å². The minimum atomic E-state index is -2.70. The number of aromatic nitrogens is 1. The van der Waals surface area contributed by atoms with Crippen LogP contribution in [0.4, 0.5) is 13.2 Å². The Morgan fingerprint density at radius 2 is 2.04 bits per heavy atom. The number of hydrogen-bond donors (Lipinski definition) is 0. The summed E-state index contributed by atoms with van der Waals surface area (Å²) >= 11 is 7.47. The molecule has 2 heterocycles. The molecule has 0 bridgehead atoms. The molecule has 6 heteroatoms. The van der Waals surface area contributed by atoms with E-state index < -0.39 is 11.7 Å². The first-order chi connectivity index (χ1) is 11.4. The van der Waals surface area contributed by atoms with Crippen molar-refractivity contribution in [2.75, 3.05) is 0 Å². The largest absolute Gasteiger partial charge is 0.320 e. The van der Waals surface area contributed by atoms with E-state index in [0.29, 0.717) is 11.3 Å². The topological polar surface area (TPSA) is 4.93 Å². The molecule has 0 aliphatic heterocycles. The third-order valence-corrected chi connectivity index (χ3v) is 5.42. The number of benzene rings is 1. The molecule has 24 heavy (non-hydrogen) atoms. The van der Waals surface area contributed by atoms with E-state index in [1.165, 1.54) is 23.5 Å². The van der Waals surface area contributed by atoms with Gasteiger partial charge in [-0.25, -0.2) is 13.2 Å². The predicted octanol–water partition coefficient (Wildman–Crippen LogP) is 6.12. The molecule has 124 valence electrons. The quantitative estimate of drug-likeness (QED) is 0.514. The highest BCUT2D eigenvalue weighted by molar-refractivity contribution is 7.13. The molecule has 3 aromatic rings. The second-order valence-corrected chi connectivity index (χ2v) is 7.36. The summed E-state index contributed by atoms with van der Waals surface area (Å²) in [5.41, 5.74) is 2.81. The van der Waals surface area contributed by atoms with E-state index in [1.54, 1.807) is 10.6 Å². The normalized spacial score (nSPS) is 16.2. The van der Waals surface area contributed by atoms with E-state index in [1.807, 2.05) is 23.7 Å². The third kappa shape index (κ3) is 2.76. The molecule has 1 aromatic carbocycles. The maximum Gasteiger partial charge on any atom is 0.252 e. The SMILES string of the molecule is Fc1cc(Cl)cc(-n2cc(-c3cccs3)c3c2CCC(F)(F)C3)c1. The monoisotopic (exact) mass is 367 g/mol. The van der Waals surface area contributed by atoms with E-state index in [-0.39, 0.29) is 24.3 Å². The van der Waals surface area contributed by atoms with Gasteiger partial charge in [-0.05, 0) is 41.6 Å². The summed E-state index contributed by atoms with van der Waals surface area (Å²) in [4.78, 5) is 0.935. The fraction of sp³-hybridized carbons (Fsp3) is 0.222. The molecule has 0 N–H and O–H groups in total. The molecule has 2 aromatic heterocycles. The van der Waals surface area contributed by atoms with Crippen LogP contribution >= 0.6 is 22.9 Å². The lowest BCUT2D eigenvalue weighted by molar-refractivity contribution is -0.0125. The Kier molecular flexibility index (Phi) is 3.73. The first-order valence-corrected chi connectivity index (χ1v) is 8.80. The van der Waals surface area contributed by atoms with Crippen LogP contribution in [-0.4, -0.2) is 10.5 Å². The van der Waals surface area contributed by atoms with Crippen molar-refractivity contribution in [3.05, 3.63) is 64.0 Å². The Balaban J connectivity index is 1.93. The van der Waals surface area contributed by atoms with E-state index in [9.17, 15) is 13.2 Å². The predicted molar refractivity (Wildman–Crippen MR) is 91.0 cm³/mol. The van der Waals surface area contributed by atoms with E-state index >= 15 is 0 Å². The maximum atomic E-state index is 14.0. The van der Waals surface area contributed by atoms with Crippen molar-refractivity contribution in [1.29, 1.82) is 0 Å². The average Bonchev–Trinajstić information content (AvgIpc) is 3.11. The van der Waals surface area contributed by atoms with Gasteiger partial charge in [-0.1, -0.05) is 17.7 Å². The average molecular weight is 368 g/mol.